The standard InChI is InChI=1S/C11H8BrFO2S2/c12-9-4-3-8(10(13)6-9)7-17(14,15)11-2-1-5-16-11/h1-6H,7H2. The van der Waals surface area contributed by atoms with E-state index in [4.69, 9.17) is 0 Å². The molecule has 6 heteroatoms. The summed E-state index contributed by atoms with van der Waals surface area (Å²) in [6.07, 6.45) is 0. The maximum absolute atomic E-state index is 13.5. The van der Waals surface area contributed by atoms with Crippen LogP contribution in [0.5, 0.6) is 0 Å². The van der Waals surface area contributed by atoms with Crippen LogP contribution >= 0.6 is 27.3 Å². The molecule has 0 fully saturated rings. The van der Waals surface area contributed by atoms with Crippen molar-refractivity contribution in [1.82, 2.24) is 0 Å². The molecular formula is C11H8BrFO2S2. The third-order valence-electron chi connectivity index (χ3n) is 2.16. The van der Waals surface area contributed by atoms with E-state index in [1.54, 1.807) is 17.5 Å². The number of sulfone groups is 1. The van der Waals surface area contributed by atoms with Crippen LogP contribution in [0.25, 0.3) is 0 Å². The molecule has 2 rings (SSSR count). The third kappa shape index (κ3) is 2.94. The first-order chi connectivity index (χ1) is 7.99. The van der Waals surface area contributed by atoms with Gasteiger partial charge in [-0.3, -0.25) is 0 Å². The van der Waals surface area contributed by atoms with Crippen LogP contribution in [-0.2, 0) is 15.6 Å². The van der Waals surface area contributed by atoms with Crippen LogP contribution in [-0.4, -0.2) is 8.42 Å². The third-order valence-corrected chi connectivity index (χ3v) is 5.81. The summed E-state index contributed by atoms with van der Waals surface area (Å²) in [5.41, 5.74) is 0.182. The van der Waals surface area contributed by atoms with E-state index in [0.29, 0.717) is 4.47 Å². The first kappa shape index (κ1) is 12.7. The lowest BCUT2D eigenvalue weighted by atomic mass is 10.2. The van der Waals surface area contributed by atoms with E-state index in [9.17, 15) is 12.8 Å². The number of thiophene rings is 1. The smallest absolute Gasteiger partial charge is 0.191 e. The summed E-state index contributed by atoms with van der Waals surface area (Å²) in [6.45, 7) is 0. The second-order valence-corrected chi connectivity index (χ2v) is 7.51. The molecule has 90 valence electrons. The Morgan fingerprint density at radius 2 is 2.06 bits per heavy atom. The van der Waals surface area contributed by atoms with Gasteiger partial charge in [0, 0.05) is 10.0 Å². The molecule has 0 atom stereocenters. The zero-order chi connectivity index (χ0) is 12.5. The van der Waals surface area contributed by atoms with Crippen LogP contribution in [0.4, 0.5) is 4.39 Å². The van der Waals surface area contributed by atoms with Crippen molar-refractivity contribution in [3.63, 3.8) is 0 Å². The molecule has 0 N–H and O–H groups in total. The zero-order valence-electron chi connectivity index (χ0n) is 8.56. The van der Waals surface area contributed by atoms with Crippen molar-refractivity contribution in [3.05, 3.63) is 51.6 Å². The van der Waals surface area contributed by atoms with E-state index in [1.807, 2.05) is 0 Å². The maximum Gasteiger partial charge on any atom is 0.191 e. The van der Waals surface area contributed by atoms with Crippen LogP contribution in [0, 0.1) is 5.82 Å². The molecule has 0 radical (unpaired) electrons. The fraction of sp³-hybridized carbons (Fsp3) is 0.0909. The molecule has 0 aliphatic heterocycles. The van der Waals surface area contributed by atoms with E-state index in [1.165, 1.54) is 18.2 Å². The lowest BCUT2D eigenvalue weighted by Crippen LogP contribution is -2.04. The largest absolute Gasteiger partial charge is 0.223 e. The van der Waals surface area contributed by atoms with E-state index in [2.05, 4.69) is 15.9 Å². The van der Waals surface area contributed by atoms with Crippen LogP contribution < -0.4 is 0 Å². The molecular weight excluding hydrogens is 327 g/mol. The highest BCUT2D eigenvalue weighted by atomic mass is 79.9. The predicted octanol–water partition coefficient (Wildman–Crippen LogP) is 3.62. The molecule has 2 aromatic rings. The Morgan fingerprint density at radius 1 is 1.29 bits per heavy atom. The lowest BCUT2D eigenvalue weighted by molar-refractivity contribution is 0.588. The van der Waals surface area contributed by atoms with Crippen molar-refractivity contribution < 1.29 is 12.8 Å². The number of benzene rings is 1. The van der Waals surface area contributed by atoms with Crippen molar-refractivity contribution in [2.24, 2.45) is 0 Å². The normalized spacial score (nSPS) is 11.6. The minimum Gasteiger partial charge on any atom is -0.223 e. The molecule has 0 saturated heterocycles. The van der Waals surface area contributed by atoms with Gasteiger partial charge in [-0.2, -0.15) is 0 Å². The second kappa shape index (κ2) is 4.88. The zero-order valence-corrected chi connectivity index (χ0v) is 11.8. The van der Waals surface area contributed by atoms with Crippen molar-refractivity contribution in [1.29, 1.82) is 0 Å². The Morgan fingerprint density at radius 3 is 2.65 bits per heavy atom. The molecule has 1 heterocycles. The molecule has 0 aliphatic carbocycles. The average Bonchev–Trinajstić information content (AvgIpc) is 2.76. The molecule has 0 spiro atoms. The first-order valence-corrected chi connectivity index (χ1v) is 8.02. The van der Waals surface area contributed by atoms with Crippen molar-refractivity contribution in [2.75, 3.05) is 0 Å². The van der Waals surface area contributed by atoms with Crippen molar-refractivity contribution in [2.45, 2.75) is 9.96 Å². The van der Waals surface area contributed by atoms with Gasteiger partial charge in [-0.25, -0.2) is 12.8 Å². The van der Waals surface area contributed by atoms with Crippen molar-refractivity contribution >= 4 is 37.1 Å². The van der Waals surface area contributed by atoms with Gasteiger partial charge in [-0.1, -0.05) is 28.1 Å². The van der Waals surface area contributed by atoms with Gasteiger partial charge >= 0.3 is 0 Å². The summed E-state index contributed by atoms with van der Waals surface area (Å²) in [5.74, 6) is -0.827. The summed E-state index contributed by atoms with van der Waals surface area (Å²) in [6, 6.07) is 7.55. The Bertz CT molecular complexity index is 621. The Balaban J connectivity index is 2.33. The molecule has 1 aromatic heterocycles. The van der Waals surface area contributed by atoms with Crippen LogP contribution in [0.2, 0.25) is 0 Å². The Labute approximate surface area is 111 Å². The summed E-state index contributed by atoms with van der Waals surface area (Å²) in [7, 11) is -3.44. The summed E-state index contributed by atoms with van der Waals surface area (Å²) in [5, 5.41) is 1.69. The highest BCUT2D eigenvalue weighted by molar-refractivity contribution is 9.10. The van der Waals surface area contributed by atoms with Crippen LogP contribution in [0.3, 0.4) is 0 Å². The van der Waals surface area contributed by atoms with Gasteiger partial charge in [0.05, 0.1) is 5.75 Å². The Hall–Kier alpha value is -0.720. The van der Waals surface area contributed by atoms with Gasteiger partial charge in [-0.15, -0.1) is 11.3 Å². The topological polar surface area (TPSA) is 34.1 Å². The second-order valence-electron chi connectivity index (χ2n) is 3.43. The van der Waals surface area contributed by atoms with E-state index in [0.717, 1.165) is 11.3 Å². The van der Waals surface area contributed by atoms with E-state index >= 15 is 0 Å². The molecule has 0 bridgehead atoms. The lowest BCUT2D eigenvalue weighted by Gasteiger charge is -2.04. The average molecular weight is 335 g/mol. The van der Waals surface area contributed by atoms with Gasteiger partial charge in [0.15, 0.2) is 9.84 Å². The van der Waals surface area contributed by atoms with Gasteiger partial charge in [0.1, 0.15) is 10.0 Å². The molecule has 1 aromatic carbocycles. The fourth-order valence-corrected chi connectivity index (χ4v) is 4.14. The Kier molecular flexibility index (Phi) is 3.65. The number of halogens is 2. The molecule has 0 amide bonds. The van der Waals surface area contributed by atoms with E-state index in [-0.39, 0.29) is 15.5 Å². The number of hydrogen-bond acceptors (Lipinski definition) is 3. The summed E-state index contributed by atoms with van der Waals surface area (Å²) >= 11 is 4.27. The quantitative estimate of drug-likeness (QED) is 0.858. The maximum atomic E-state index is 13.5. The number of hydrogen-bond donors (Lipinski definition) is 0. The van der Waals surface area contributed by atoms with Crippen molar-refractivity contribution in [3.8, 4) is 0 Å². The minimum atomic E-state index is -3.44. The van der Waals surface area contributed by atoms with E-state index < -0.39 is 15.7 Å². The summed E-state index contributed by atoms with van der Waals surface area (Å²) < 4.78 is 38.2. The SMILES string of the molecule is O=S(=O)(Cc1ccc(Br)cc1F)c1cccs1. The fourth-order valence-electron chi connectivity index (χ4n) is 1.36. The minimum absolute atomic E-state index is 0.182. The monoisotopic (exact) mass is 334 g/mol. The van der Waals surface area contributed by atoms with Gasteiger partial charge in [-0.05, 0) is 23.6 Å². The highest BCUT2D eigenvalue weighted by Gasteiger charge is 2.18. The molecule has 0 unspecified atom stereocenters. The molecule has 2 nitrogen and oxygen atoms in total. The molecule has 17 heavy (non-hydrogen) atoms. The van der Waals surface area contributed by atoms with Gasteiger partial charge in [0.2, 0.25) is 0 Å². The highest BCUT2D eigenvalue weighted by Crippen LogP contribution is 2.23. The number of rotatable bonds is 3. The molecule has 0 aliphatic rings. The summed E-state index contributed by atoms with van der Waals surface area (Å²) in [4.78, 5) is 0. The first-order valence-electron chi connectivity index (χ1n) is 4.69. The van der Waals surface area contributed by atoms with Crippen LogP contribution in [0.15, 0.2) is 44.4 Å². The van der Waals surface area contributed by atoms with Gasteiger partial charge < -0.3 is 0 Å². The van der Waals surface area contributed by atoms with Gasteiger partial charge in [0.25, 0.3) is 0 Å². The predicted molar refractivity (Wildman–Crippen MR) is 69.3 cm³/mol. The molecule has 0 saturated carbocycles. The van der Waals surface area contributed by atoms with Crippen LogP contribution in [0.1, 0.15) is 5.56 Å².